The molecule has 0 saturated carbocycles. The molecule has 0 radical (unpaired) electrons. The molecule has 2 atom stereocenters. The predicted molar refractivity (Wildman–Crippen MR) is 147 cm³/mol. The van der Waals surface area contributed by atoms with Crippen LogP contribution in [0, 0.1) is 5.92 Å². The van der Waals surface area contributed by atoms with Gasteiger partial charge in [0.25, 0.3) is 5.56 Å². The molecule has 1 fully saturated rings. The highest BCUT2D eigenvalue weighted by Crippen LogP contribution is 2.33. The molecule has 38 heavy (non-hydrogen) atoms. The van der Waals surface area contributed by atoms with Gasteiger partial charge in [-0.05, 0) is 41.8 Å². The van der Waals surface area contributed by atoms with Crippen LogP contribution in [0.15, 0.2) is 65.8 Å². The topological polar surface area (TPSA) is 104 Å². The van der Waals surface area contributed by atoms with Crippen LogP contribution in [0.4, 0.5) is 5.69 Å². The average Bonchev–Trinajstić information content (AvgIpc) is 3.56. The second-order valence-electron chi connectivity index (χ2n) is 9.79. The molecule has 5 rings (SSSR count). The summed E-state index contributed by atoms with van der Waals surface area (Å²) in [6.07, 6.45) is 3.78. The first kappa shape index (κ1) is 25.8. The van der Waals surface area contributed by atoms with Gasteiger partial charge in [-0.3, -0.25) is 14.2 Å². The van der Waals surface area contributed by atoms with E-state index in [2.05, 4.69) is 10.00 Å². The number of hydrogen-bond donors (Lipinski definition) is 1. The SMILES string of the molecule is COc1cc(-n2cnn3cc(-c4ccc(Cl)cc4)cc3c2=O)ccc1N1CC[C@@H](OC(=O)[C@@H](N)C(C)C)C1. The molecule has 10 heteroatoms. The lowest BCUT2D eigenvalue weighted by molar-refractivity contribution is -0.150. The van der Waals surface area contributed by atoms with Crippen LogP contribution in [0.3, 0.4) is 0 Å². The Morgan fingerprint density at radius 1 is 1.13 bits per heavy atom. The van der Waals surface area contributed by atoms with Gasteiger partial charge in [0.15, 0.2) is 0 Å². The number of anilines is 1. The van der Waals surface area contributed by atoms with Crippen molar-refractivity contribution >= 4 is 28.8 Å². The Morgan fingerprint density at radius 2 is 1.89 bits per heavy atom. The maximum absolute atomic E-state index is 13.4. The maximum atomic E-state index is 13.4. The standard InChI is InChI=1S/C28H30ClN5O4/c1-17(2)26(30)28(36)38-22-10-11-32(15-22)23-9-8-21(13-25(23)37-3)33-16-31-34-14-19(12-24(34)27(33)35)18-4-6-20(29)7-5-18/h4-9,12-14,16-17,22,26H,10-11,15,30H2,1-3H3/t22-,26+/m1/s1. The number of carbonyl (C=O) groups is 1. The number of esters is 1. The van der Waals surface area contributed by atoms with E-state index in [0.29, 0.717) is 41.5 Å². The summed E-state index contributed by atoms with van der Waals surface area (Å²) in [5.74, 6) is 0.249. The van der Waals surface area contributed by atoms with Gasteiger partial charge in [-0.25, -0.2) is 4.52 Å². The first-order valence-corrected chi connectivity index (χ1v) is 12.9. The Kier molecular flexibility index (Phi) is 7.14. The van der Waals surface area contributed by atoms with Gasteiger partial charge in [-0.2, -0.15) is 5.10 Å². The number of nitrogens with zero attached hydrogens (tertiary/aromatic N) is 4. The minimum absolute atomic E-state index is 0.0144. The van der Waals surface area contributed by atoms with Gasteiger partial charge in [-0.15, -0.1) is 0 Å². The number of nitrogens with two attached hydrogens (primary N) is 1. The summed E-state index contributed by atoms with van der Waals surface area (Å²) in [6, 6.07) is 14.2. The molecule has 3 heterocycles. The zero-order chi connectivity index (χ0) is 27.0. The summed E-state index contributed by atoms with van der Waals surface area (Å²) < 4.78 is 14.4. The molecule has 0 aliphatic carbocycles. The summed E-state index contributed by atoms with van der Waals surface area (Å²) in [7, 11) is 1.59. The van der Waals surface area contributed by atoms with Crippen molar-refractivity contribution in [3.05, 3.63) is 76.4 Å². The lowest BCUT2D eigenvalue weighted by Crippen LogP contribution is -2.39. The number of benzene rings is 2. The van der Waals surface area contributed by atoms with Crippen LogP contribution in [0.25, 0.3) is 22.3 Å². The number of ether oxygens (including phenoxy) is 2. The first-order valence-electron chi connectivity index (χ1n) is 12.5. The summed E-state index contributed by atoms with van der Waals surface area (Å²) in [4.78, 5) is 27.8. The minimum atomic E-state index is -0.634. The third-order valence-corrected chi connectivity index (χ3v) is 7.16. The number of carbonyl (C=O) groups excluding carboxylic acids is 1. The van der Waals surface area contributed by atoms with E-state index >= 15 is 0 Å². The molecule has 2 N–H and O–H groups in total. The Balaban J connectivity index is 1.39. The van der Waals surface area contributed by atoms with Crippen molar-refractivity contribution in [3.8, 4) is 22.6 Å². The molecule has 2 aromatic carbocycles. The normalized spacial score (nSPS) is 16.3. The summed E-state index contributed by atoms with van der Waals surface area (Å²) >= 11 is 6.01. The molecular formula is C28H30ClN5O4. The Hall–Kier alpha value is -3.82. The van der Waals surface area contributed by atoms with Crippen LogP contribution < -0.4 is 20.9 Å². The van der Waals surface area contributed by atoms with Crippen LogP contribution in [-0.2, 0) is 9.53 Å². The van der Waals surface area contributed by atoms with Gasteiger partial charge in [0.2, 0.25) is 0 Å². The predicted octanol–water partition coefficient (Wildman–Crippen LogP) is 3.92. The highest BCUT2D eigenvalue weighted by atomic mass is 35.5. The third-order valence-electron chi connectivity index (χ3n) is 6.91. The summed E-state index contributed by atoms with van der Waals surface area (Å²) in [6.45, 7) is 5.03. The lowest BCUT2D eigenvalue weighted by atomic mass is 10.1. The Bertz CT molecular complexity index is 1530. The van der Waals surface area contributed by atoms with Crippen LogP contribution >= 0.6 is 11.6 Å². The highest BCUT2D eigenvalue weighted by molar-refractivity contribution is 6.30. The van der Waals surface area contributed by atoms with E-state index in [9.17, 15) is 9.59 Å². The van der Waals surface area contributed by atoms with Crippen molar-refractivity contribution in [2.24, 2.45) is 11.7 Å². The minimum Gasteiger partial charge on any atom is -0.495 e. The number of rotatable bonds is 7. The van der Waals surface area contributed by atoms with Crippen LogP contribution in [0.2, 0.25) is 5.02 Å². The van der Waals surface area contributed by atoms with Crippen LogP contribution in [0.5, 0.6) is 5.75 Å². The van der Waals surface area contributed by atoms with Gasteiger partial charge in [0.1, 0.15) is 29.7 Å². The van der Waals surface area contributed by atoms with E-state index in [-0.39, 0.29) is 23.6 Å². The third kappa shape index (κ3) is 4.99. The quantitative estimate of drug-likeness (QED) is 0.358. The fourth-order valence-corrected chi connectivity index (χ4v) is 4.74. The average molecular weight is 536 g/mol. The number of aromatic nitrogens is 3. The van der Waals surface area contributed by atoms with Gasteiger partial charge in [0, 0.05) is 35.8 Å². The fourth-order valence-electron chi connectivity index (χ4n) is 4.61. The maximum Gasteiger partial charge on any atom is 0.323 e. The molecule has 0 unspecified atom stereocenters. The molecule has 4 aromatic rings. The molecule has 2 aromatic heterocycles. The summed E-state index contributed by atoms with van der Waals surface area (Å²) in [5.41, 5.74) is 9.48. The molecule has 1 aliphatic rings. The van der Waals surface area contributed by atoms with E-state index in [4.69, 9.17) is 26.8 Å². The second kappa shape index (κ2) is 10.5. The van der Waals surface area contributed by atoms with Crippen molar-refractivity contribution in [3.63, 3.8) is 0 Å². The molecular weight excluding hydrogens is 506 g/mol. The number of hydrogen-bond acceptors (Lipinski definition) is 7. The first-order chi connectivity index (χ1) is 18.2. The van der Waals surface area contributed by atoms with E-state index in [1.165, 1.54) is 10.9 Å². The smallest absolute Gasteiger partial charge is 0.323 e. The van der Waals surface area contributed by atoms with E-state index in [0.717, 1.165) is 16.8 Å². The van der Waals surface area contributed by atoms with Crippen molar-refractivity contribution in [1.82, 2.24) is 14.2 Å². The van der Waals surface area contributed by atoms with Crippen LogP contribution in [-0.4, -0.2) is 52.5 Å². The zero-order valence-corrected chi connectivity index (χ0v) is 22.3. The largest absolute Gasteiger partial charge is 0.495 e. The monoisotopic (exact) mass is 535 g/mol. The van der Waals surface area contributed by atoms with Gasteiger partial charge in [-0.1, -0.05) is 37.6 Å². The molecule has 0 spiro atoms. The second-order valence-corrected chi connectivity index (χ2v) is 10.2. The van der Waals surface area contributed by atoms with Gasteiger partial charge < -0.3 is 20.1 Å². The number of fused-ring (bicyclic) bond motifs is 1. The van der Waals surface area contributed by atoms with Crippen molar-refractivity contribution in [2.75, 3.05) is 25.1 Å². The fraction of sp³-hybridized carbons (Fsp3) is 0.321. The highest BCUT2D eigenvalue weighted by Gasteiger charge is 2.30. The van der Waals surface area contributed by atoms with Crippen molar-refractivity contribution in [2.45, 2.75) is 32.4 Å². The zero-order valence-electron chi connectivity index (χ0n) is 21.5. The molecule has 1 aliphatic heterocycles. The van der Waals surface area contributed by atoms with Gasteiger partial charge in [0.05, 0.1) is 25.0 Å². The van der Waals surface area contributed by atoms with E-state index in [1.807, 2.05) is 68.6 Å². The van der Waals surface area contributed by atoms with Gasteiger partial charge >= 0.3 is 5.97 Å². The Labute approximate surface area is 225 Å². The van der Waals surface area contributed by atoms with Crippen LogP contribution in [0.1, 0.15) is 20.3 Å². The Morgan fingerprint density at radius 3 is 2.61 bits per heavy atom. The van der Waals surface area contributed by atoms with Crippen molar-refractivity contribution < 1.29 is 14.3 Å². The lowest BCUT2D eigenvalue weighted by Gasteiger charge is -2.22. The van der Waals surface area contributed by atoms with Crippen molar-refractivity contribution in [1.29, 1.82) is 0 Å². The number of methoxy groups -OCH3 is 1. The molecule has 0 bridgehead atoms. The molecule has 0 amide bonds. The van der Waals surface area contributed by atoms with E-state index < -0.39 is 6.04 Å². The molecule has 9 nitrogen and oxygen atoms in total. The number of halogens is 1. The molecule has 1 saturated heterocycles. The van der Waals surface area contributed by atoms with E-state index in [1.54, 1.807) is 11.6 Å². The molecule has 198 valence electrons. The summed E-state index contributed by atoms with van der Waals surface area (Å²) in [5, 5.41) is 5.09.